The molecule has 2 N–H and O–H groups in total. The summed E-state index contributed by atoms with van der Waals surface area (Å²) in [6.07, 6.45) is -0.708. The van der Waals surface area contributed by atoms with Gasteiger partial charge in [0.25, 0.3) is 0 Å². The fraction of sp³-hybridized carbons (Fsp3) is 0.278. The van der Waals surface area contributed by atoms with E-state index in [9.17, 15) is 4.79 Å². The first-order chi connectivity index (χ1) is 11.5. The quantitative estimate of drug-likeness (QED) is 0.621. The Kier molecular flexibility index (Phi) is 5.52. The Morgan fingerprint density at radius 3 is 2.00 bits per heavy atom. The van der Waals surface area contributed by atoms with Crippen molar-refractivity contribution in [3.8, 4) is 23.0 Å². The van der Waals surface area contributed by atoms with Crippen molar-refractivity contribution >= 4 is 11.5 Å². The van der Waals surface area contributed by atoms with Crippen molar-refractivity contribution in [2.75, 3.05) is 27.1 Å². The highest BCUT2D eigenvalue weighted by molar-refractivity contribution is 6.02. The Bertz CT molecular complexity index is 712. The van der Waals surface area contributed by atoms with Crippen molar-refractivity contribution in [2.24, 2.45) is 0 Å². The number of hydrogen-bond donors (Lipinski definition) is 1. The molecule has 0 bridgehead atoms. The number of nitrogen functional groups attached to an aromatic ring is 1. The molecule has 0 aromatic heterocycles. The number of methoxy groups -OCH3 is 3. The second-order valence-corrected chi connectivity index (χ2v) is 5.10. The first-order valence-corrected chi connectivity index (χ1v) is 7.36. The lowest BCUT2D eigenvalue weighted by Crippen LogP contribution is -2.24. The molecule has 0 aliphatic rings. The summed E-state index contributed by atoms with van der Waals surface area (Å²) in [6, 6.07) is 10.0. The molecule has 0 radical (unpaired) electrons. The van der Waals surface area contributed by atoms with Gasteiger partial charge in [0, 0.05) is 11.8 Å². The number of ether oxygens (including phenoxy) is 4. The van der Waals surface area contributed by atoms with Gasteiger partial charge in [-0.3, -0.25) is 4.79 Å². The van der Waals surface area contributed by atoms with Crippen LogP contribution in [0.4, 0.5) is 5.69 Å². The third-order valence-electron chi connectivity index (χ3n) is 3.53. The van der Waals surface area contributed by atoms with Crippen LogP contribution in [0.3, 0.4) is 0 Å². The molecule has 0 saturated heterocycles. The second-order valence-electron chi connectivity index (χ2n) is 5.10. The number of rotatable bonds is 7. The van der Waals surface area contributed by atoms with Crippen LogP contribution >= 0.6 is 0 Å². The van der Waals surface area contributed by atoms with E-state index in [-0.39, 0.29) is 5.78 Å². The van der Waals surface area contributed by atoms with Crippen LogP contribution in [0.25, 0.3) is 0 Å². The van der Waals surface area contributed by atoms with Gasteiger partial charge in [-0.15, -0.1) is 0 Å². The normalized spacial score (nSPS) is 11.5. The van der Waals surface area contributed by atoms with Crippen LogP contribution < -0.4 is 24.7 Å². The zero-order valence-electron chi connectivity index (χ0n) is 14.2. The average Bonchev–Trinajstić information content (AvgIpc) is 2.61. The third-order valence-corrected chi connectivity index (χ3v) is 3.53. The van der Waals surface area contributed by atoms with Crippen molar-refractivity contribution in [3.05, 3.63) is 42.0 Å². The highest BCUT2D eigenvalue weighted by Gasteiger charge is 2.23. The van der Waals surface area contributed by atoms with E-state index in [2.05, 4.69) is 0 Å². The molecular formula is C18H21NO5. The molecule has 2 rings (SSSR count). The summed E-state index contributed by atoms with van der Waals surface area (Å²) >= 11 is 0. The minimum absolute atomic E-state index is 0.232. The molecule has 6 nitrogen and oxygen atoms in total. The zero-order chi connectivity index (χ0) is 17.7. The number of Topliss-reactive ketones (excluding diaryl/α,β-unsaturated/α-hetero) is 1. The smallest absolute Gasteiger partial charge is 0.206 e. The average molecular weight is 331 g/mol. The summed E-state index contributed by atoms with van der Waals surface area (Å²) in [5, 5.41) is 0. The van der Waals surface area contributed by atoms with Gasteiger partial charge in [-0.2, -0.15) is 0 Å². The molecule has 2 aromatic carbocycles. The predicted octanol–water partition coefficient (Wildman–Crippen LogP) is 2.94. The van der Waals surface area contributed by atoms with Crippen molar-refractivity contribution in [1.82, 2.24) is 0 Å². The van der Waals surface area contributed by atoms with Crippen LogP contribution in [0.15, 0.2) is 36.4 Å². The molecule has 0 aliphatic heterocycles. The van der Waals surface area contributed by atoms with Crippen LogP contribution in [0.1, 0.15) is 17.3 Å². The molecule has 0 amide bonds. The number of nitrogens with two attached hydrogens (primary N) is 1. The molecule has 0 saturated carbocycles. The Hall–Kier alpha value is -2.89. The molecule has 0 fully saturated rings. The molecule has 6 heteroatoms. The molecule has 0 aliphatic carbocycles. The van der Waals surface area contributed by atoms with E-state index in [0.29, 0.717) is 34.2 Å². The minimum atomic E-state index is -0.708. The number of carbonyl (C=O) groups is 1. The van der Waals surface area contributed by atoms with E-state index in [1.807, 2.05) is 0 Å². The maximum absolute atomic E-state index is 12.7. The number of hydrogen-bond acceptors (Lipinski definition) is 6. The highest BCUT2D eigenvalue weighted by atomic mass is 16.5. The van der Waals surface area contributed by atoms with E-state index in [0.717, 1.165) is 0 Å². The molecule has 1 unspecified atom stereocenters. The molecule has 0 spiro atoms. The maximum Gasteiger partial charge on any atom is 0.206 e. The summed E-state index contributed by atoms with van der Waals surface area (Å²) in [6.45, 7) is 1.68. The first-order valence-electron chi connectivity index (χ1n) is 7.36. The topological polar surface area (TPSA) is 80.0 Å². The van der Waals surface area contributed by atoms with Gasteiger partial charge in [0.2, 0.25) is 5.78 Å². The summed E-state index contributed by atoms with van der Waals surface area (Å²) in [5.74, 6) is 1.65. The van der Waals surface area contributed by atoms with Gasteiger partial charge < -0.3 is 24.7 Å². The highest BCUT2D eigenvalue weighted by Crippen LogP contribution is 2.35. The monoisotopic (exact) mass is 331 g/mol. The minimum Gasteiger partial charge on any atom is -0.496 e. The van der Waals surface area contributed by atoms with Gasteiger partial charge in [-0.1, -0.05) is 0 Å². The predicted molar refractivity (Wildman–Crippen MR) is 91.4 cm³/mol. The van der Waals surface area contributed by atoms with Gasteiger partial charge in [0.15, 0.2) is 17.6 Å². The molecule has 2 aromatic rings. The van der Waals surface area contributed by atoms with E-state index in [1.54, 1.807) is 43.3 Å². The van der Waals surface area contributed by atoms with Crippen LogP contribution in [-0.4, -0.2) is 33.2 Å². The van der Waals surface area contributed by atoms with Crippen LogP contribution in [0.2, 0.25) is 0 Å². The summed E-state index contributed by atoms with van der Waals surface area (Å²) in [5.41, 5.74) is 6.63. The standard InChI is InChI=1S/C18H21NO5/c1-11(24-13-7-5-12(19)6-8-13)18(20)14-9-16(22-3)17(23-4)10-15(14)21-2/h5-11H,19H2,1-4H3. The lowest BCUT2D eigenvalue weighted by Gasteiger charge is -2.17. The van der Waals surface area contributed by atoms with E-state index in [1.165, 1.54) is 21.3 Å². The molecule has 24 heavy (non-hydrogen) atoms. The van der Waals surface area contributed by atoms with Crippen molar-refractivity contribution in [1.29, 1.82) is 0 Å². The van der Waals surface area contributed by atoms with E-state index in [4.69, 9.17) is 24.7 Å². The number of anilines is 1. The van der Waals surface area contributed by atoms with E-state index >= 15 is 0 Å². The molecule has 0 heterocycles. The SMILES string of the molecule is COc1cc(OC)c(C(=O)C(C)Oc2ccc(N)cc2)cc1OC. The number of ketones is 1. The lowest BCUT2D eigenvalue weighted by molar-refractivity contribution is 0.0814. The van der Waals surface area contributed by atoms with Gasteiger partial charge in [0.05, 0.1) is 26.9 Å². The van der Waals surface area contributed by atoms with Gasteiger partial charge >= 0.3 is 0 Å². The summed E-state index contributed by atoms with van der Waals surface area (Å²) in [7, 11) is 4.52. The molecule has 128 valence electrons. The fourth-order valence-electron chi connectivity index (χ4n) is 2.24. The summed E-state index contributed by atoms with van der Waals surface area (Å²) < 4.78 is 21.5. The zero-order valence-corrected chi connectivity index (χ0v) is 14.2. The van der Waals surface area contributed by atoms with Crippen molar-refractivity contribution in [2.45, 2.75) is 13.0 Å². The Morgan fingerprint density at radius 1 is 0.917 bits per heavy atom. The largest absolute Gasteiger partial charge is 0.496 e. The van der Waals surface area contributed by atoms with Crippen molar-refractivity contribution < 1.29 is 23.7 Å². The first kappa shape index (κ1) is 17.5. The number of benzene rings is 2. The van der Waals surface area contributed by atoms with Crippen LogP contribution in [-0.2, 0) is 0 Å². The van der Waals surface area contributed by atoms with Gasteiger partial charge in [0.1, 0.15) is 11.5 Å². The van der Waals surface area contributed by atoms with Crippen LogP contribution in [0, 0.1) is 0 Å². The second kappa shape index (κ2) is 7.59. The lowest BCUT2D eigenvalue weighted by atomic mass is 10.0. The number of carbonyl (C=O) groups excluding carboxylic acids is 1. The van der Waals surface area contributed by atoms with Crippen LogP contribution in [0.5, 0.6) is 23.0 Å². The summed E-state index contributed by atoms with van der Waals surface area (Å²) in [4.78, 5) is 12.7. The Labute approximate surface area is 141 Å². The Balaban J connectivity index is 2.28. The molecule has 1 atom stereocenters. The third kappa shape index (κ3) is 3.71. The van der Waals surface area contributed by atoms with Crippen molar-refractivity contribution in [3.63, 3.8) is 0 Å². The van der Waals surface area contributed by atoms with Gasteiger partial charge in [-0.25, -0.2) is 0 Å². The Morgan fingerprint density at radius 2 is 1.46 bits per heavy atom. The van der Waals surface area contributed by atoms with Gasteiger partial charge in [-0.05, 0) is 37.3 Å². The molecular weight excluding hydrogens is 310 g/mol. The maximum atomic E-state index is 12.7. The fourth-order valence-corrected chi connectivity index (χ4v) is 2.24. The van der Waals surface area contributed by atoms with E-state index < -0.39 is 6.10 Å².